The molecule has 2 rings (SSSR count). The summed E-state index contributed by atoms with van der Waals surface area (Å²) in [5.41, 5.74) is 6.86. The van der Waals surface area contributed by atoms with E-state index >= 15 is 0 Å². The molecule has 0 saturated carbocycles. The first-order chi connectivity index (χ1) is 9.58. The lowest BCUT2D eigenvalue weighted by Crippen LogP contribution is -2.37. The van der Waals surface area contributed by atoms with E-state index in [2.05, 4.69) is 0 Å². The summed E-state index contributed by atoms with van der Waals surface area (Å²) in [6.45, 7) is 2.81. The molecule has 2 N–H and O–H groups in total. The van der Waals surface area contributed by atoms with Gasteiger partial charge in [-0.05, 0) is 44.2 Å². The van der Waals surface area contributed by atoms with Gasteiger partial charge in [0.2, 0.25) is 5.91 Å². The van der Waals surface area contributed by atoms with Crippen molar-refractivity contribution < 1.29 is 4.79 Å². The molecule has 1 aliphatic heterocycles. The van der Waals surface area contributed by atoms with Crippen LogP contribution in [0.5, 0.6) is 0 Å². The third-order valence-electron chi connectivity index (χ3n) is 3.92. The van der Waals surface area contributed by atoms with Crippen LogP contribution in [0.25, 0.3) is 0 Å². The highest BCUT2D eigenvalue weighted by atomic mass is 35.5. The van der Waals surface area contributed by atoms with Crippen molar-refractivity contribution in [3.05, 3.63) is 34.9 Å². The number of hydrogen-bond donors (Lipinski definition) is 1. The maximum Gasteiger partial charge on any atom is 0.222 e. The number of nitrogens with zero attached hydrogens (tertiary/aromatic N) is 1. The third-order valence-corrected chi connectivity index (χ3v) is 4.29. The number of amides is 1. The molecule has 0 radical (unpaired) electrons. The Morgan fingerprint density at radius 3 is 2.95 bits per heavy atom. The van der Waals surface area contributed by atoms with Crippen LogP contribution in [0.15, 0.2) is 24.3 Å². The van der Waals surface area contributed by atoms with Gasteiger partial charge < -0.3 is 10.6 Å². The highest BCUT2D eigenvalue weighted by Gasteiger charge is 2.28. The van der Waals surface area contributed by atoms with Crippen LogP contribution < -0.4 is 5.73 Å². The number of halogens is 1. The molecule has 4 heteroatoms. The van der Waals surface area contributed by atoms with Gasteiger partial charge in [-0.15, -0.1) is 0 Å². The number of carbonyl (C=O) groups excluding carboxylic acids is 1. The fourth-order valence-electron chi connectivity index (χ4n) is 2.79. The van der Waals surface area contributed by atoms with Crippen molar-refractivity contribution in [2.24, 2.45) is 5.73 Å². The SMILES string of the molecule is CC(N)CCC(=O)N1CCCC1Cc1ccccc1Cl. The van der Waals surface area contributed by atoms with Crippen LogP contribution in [0.2, 0.25) is 5.02 Å². The monoisotopic (exact) mass is 294 g/mol. The van der Waals surface area contributed by atoms with Crippen molar-refractivity contribution in [1.29, 1.82) is 0 Å². The number of benzene rings is 1. The van der Waals surface area contributed by atoms with E-state index in [9.17, 15) is 4.79 Å². The summed E-state index contributed by atoms with van der Waals surface area (Å²) in [4.78, 5) is 14.3. The summed E-state index contributed by atoms with van der Waals surface area (Å²) >= 11 is 6.21. The van der Waals surface area contributed by atoms with E-state index in [1.807, 2.05) is 36.1 Å². The van der Waals surface area contributed by atoms with Crippen molar-refractivity contribution in [1.82, 2.24) is 4.90 Å². The van der Waals surface area contributed by atoms with Crippen molar-refractivity contribution in [2.45, 2.75) is 51.1 Å². The van der Waals surface area contributed by atoms with Crippen molar-refractivity contribution in [2.75, 3.05) is 6.54 Å². The number of nitrogens with two attached hydrogens (primary N) is 1. The van der Waals surface area contributed by atoms with Gasteiger partial charge in [0.05, 0.1) is 0 Å². The average molecular weight is 295 g/mol. The molecule has 0 bridgehead atoms. The van der Waals surface area contributed by atoms with E-state index in [4.69, 9.17) is 17.3 Å². The number of likely N-dealkylation sites (tertiary alicyclic amines) is 1. The fourth-order valence-corrected chi connectivity index (χ4v) is 3.00. The Kier molecular flexibility index (Phi) is 5.44. The fraction of sp³-hybridized carbons (Fsp3) is 0.562. The number of rotatable bonds is 5. The van der Waals surface area contributed by atoms with E-state index in [1.165, 1.54) is 0 Å². The molecule has 0 aromatic heterocycles. The molecule has 1 heterocycles. The van der Waals surface area contributed by atoms with Crippen molar-refractivity contribution in [3.8, 4) is 0 Å². The minimum Gasteiger partial charge on any atom is -0.339 e. The Morgan fingerprint density at radius 2 is 2.25 bits per heavy atom. The largest absolute Gasteiger partial charge is 0.339 e. The molecule has 0 aliphatic carbocycles. The van der Waals surface area contributed by atoms with Crippen molar-refractivity contribution >= 4 is 17.5 Å². The van der Waals surface area contributed by atoms with Gasteiger partial charge in [0.1, 0.15) is 0 Å². The van der Waals surface area contributed by atoms with E-state index in [0.717, 1.165) is 42.8 Å². The molecule has 3 nitrogen and oxygen atoms in total. The zero-order valence-corrected chi connectivity index (χ0v) is 12.8. The normalized spacial score (nSPS) is 20.1. The summed E-state index contributed by atoms with van der Waals surface area (Å²) in [6, 6.07) is 8.27. The molecule has 2 unspecified atom stereocenters. The van der Waals surface area contributed by atoms with Gasteiger partial charge >= 0.3 is 0 Å². The van der Waals surface area contributed by atoms with E-state index in [0.29, 0.717) is 6.42 Å². The first-order valence-electron chi connectivity index (χ1n) is 7.36. The minimum absolute atomic E-state index is 0.0866. The maximum absolute atomic E-state index is 12.3. The second-order valence-electron chi connectivity index (χ2n) is 5.69. The van der Waals surface area contributed by atoms with E-state index in [-0.39, 0.29) is 18.0 Å². The van der Waals surface area contributed by atoms with Crippen LogP contribution in [0.3, 0.4) is 0 Å². The Hall–Kier alpha value is -1.06. The van der Waals surface area contributed by atoms with Gasteiger partial charge in [-0.1, -0.05) is 29.8 Å². The van der Waals surface area contributed by atoms with Gasteiger partial charge in [-0.25, -0.2) is 0 Å². The predicted molar refractivity (Wildman–Crippen MR) is 82.8 cm³/mol. The molecule has 2 atom stereocenters. The maximum atomic E-state index is 12.3. The van der Waals surface area contributed by atoms with Crippen LogP contribution in [-0.2, 0) is 11.2 Å². The summed E-state index contributed by atoms with van der Waals surface area (Å²) in [7, 11) is 0. The van der Waals surface area contributed by atoms with Crippen LogP contribution in [0, 0.1) is 0 Å². The number of carbonyl (C=O) groups is 1. The molecule has 20 heavy (non-hydrogen) atoms. The summed E-state index contributed by atoms with van der Waals surface area (Å²) in [5.74, 6) is 0.233. The zero-order valence-electron chi connectivity index (χ0n) is 12.0. The third kappa shape index (κ3) is 3.97. The molecule has 0 spiro atoms. The second-order valence-corrected chi connectivity index (χ2v) is 6.10. The highest BCUT2D eigenvalue weighted by molar-refractivity contribution is 6.31. The first kappa shape index (κ1) is 15.3. The van der Waals surface area contributed by atoms with E-state index in [1.54, 1.807) is 0 Å². The number of hydrogen-bond acceptors (Lipinski definition) is 2. The van der Waals surface area contributed by atoms with Crippen LogP contribution in [-0.4, -0.2) is 29.4 Å². The highest BCUT2D eigenvalue weighted by Crippen LogP contribution is 2.25. The second kappa shape index (κ2) is 7.09. The lowest BCUT2D eigenvalue weighted by Gasteiger charge is -2.25. The molecular weight excluding hydrogens is 272 g/mol. The molecule has 1 amide bonds. The molecule has 110 valence electrons. The lowest BCUT2D eigenvalue weighted by atomic mass is 10.0. The molecule has 1 aliphatic rings. The first-order valence-corrected chi connectivity index (χ1v) is 7.74. The molecule has 1 aromatic carbocycles. The van der Waals surface area contributed by atoms with Crippen molar-refractivity contribution in [3.63, 3.8) is 0 Å². The van der Waals surface area contributed by atoms with Crippen LogP contribution in [0.4, 0.5) is 0 Å². The molecule has 1 fully saturated rings. The van der Waals surface area contributed by atoms with Gasteiger partial charge in [-0.3, -0.25) is 4.79 Å². The Labute approximate surface area is 126 Å². The van der Waals surface area contributed by atoms with Gasteiger partial charge in [0.15, 0.2) is 0 Å². The lowest BCUT2D eigenvalue weighted by molar-refractivity contribution is -0.132. The summed E-state index contributed by atoms with van der Waals surface area (Å²) in [5, 5.41) is 0.794. The Morgan fingerprint density at radius 1 is 1.50 bits per heavy atom. The molecular formula is C16H23ClN2O. The van der Waals surface area contributed by atoms with Gasteiger partial charge in [0, 0.05) is 30.1 Å². The van der Waals surface area contributed by atoms with Crippen LogP contribution in [0.1, 0.15) is 38.2 Å². The van der Waals surface area contributed by atoms with Crippen LogP contribution >= 0.6 is 11.6 Å². The quantitative estimate of drug-likeness (QED) is 0.907. The standard InChI is InChI=1S/C16H23ClN2O/c1-12(18)8-9-16(20)19-10-4-6-14(19)11-13-5-2-3-7-15(13)17/h2-3,5,7,12,14H,4,6,8-11,18H2,1H3. The molecule has 1 saturated heterocycles. The Bertz CT molecular complexity index is 462. The smallest absolute Gasteiger partial charge is 0.222 e. The summed E-state index contributed by atoms with van der Waals surface area (Å²) in [6.07, 6.45) is 4.31. The summed E-state index contributed by atoms with van der Waals surface area (Å²) < 4.78 is 0. The predicted octanol–water partition coefficient (Wildman–Crippen LogP) is 3.00. The zero-order chi connectivity index (χ0) is 14.5. The minimum atomic E-state index is 0.0866. The average Bonchev–Trinajstić information content (AvgIpc) is 2.87. The Balaban J connectivity index is 1.97. The van der Waals surface area contributed by atoms with Gasteiger partial charge in [-0.2, -0.15) is 0 Å². The topological polar surface area (TPSA) is 46.3 Å². The molecule has 1 aromatic rings. The van der Waals surface area contributed by atoms with E-state index < -0.39 is 0 Å². The van der Waals surface area contributed by atoms with Gasteiger partial charge in [0.25, 0.3) is 0 Å².